The van der Waals surface area contributed by atoms with Crippen LogP contribution in [0.3, 0.4) is 0 Å². The van der Waals surface area contributed by atoms with Crippen LogP contribution in [0.4, 0.5) is 19.0 Å². The number of H-pyrrole nitrogens is 1. The number of hydrogen-bond donors (Lipinski definition) is 2. The van der Waals surface area contributed by atoms with E-state index in [9.17, 15) is 13.2 Å². The molecule has 4 rings (SSSR count). The van der Waals surface area contributed by atoms with Gasteiger partial charge in [0.15, 0.2) is 16.6 Å². The number of hydrogen-bond acceptors (Lipinski definition) is 5. The second-order valence-corrected chi connectivity index (χ2v) is 8.36. The van der Waals surface area contributed by atoms with Crippen LogP contribution in [0.25, 0.3) is 11.4 Å². The largest absolute Gasteiger partial charge is 0.497 e. The first-order valence-electron chi connectivity index (χ1n) is 9.89. The molecule has 0 amide bonds. The van der Waals surface area contributed by atoms with Crippen molar-refractivity contribution in [2.45, 2.75) is 45.1 Å². The SMILES string of the molecule is COc1ccc([C@@H]2C[C@H](C(F)(F)F)n3ncc(-c4n[nH]c(=S)n4CC(C)C)c3N2)cc1. The Balaban J connectivity index is 1.79. The lowest BCUT2D eigenvalue weighted by atomic mass is 9.96. The molecule has 2 N–H and O–H groups in total. The van der Waals surface area contributed by atoms with Gasteiger partial charge >= 0.3 is 6.18 Å². The van der Waals surface area contributed by atoms with Crippen molar-refractivity contribution in [3.63, 3.8) is 0 Å². The maximum absolute atomic E-state index is 13.9. The summed E-state index contributed by atoms with van der Waals surface area (Å²) in [5, 5.41) is 14.4. The monoisotopic (exact) mass is 452 g/mol. The van der Waals surface area contributed by atoms with Crippen LogP contribution in [0.5, 0.6) is 5.75 Å². The van der Waals surface area contributed by atoms with Crippen LogP contribution in [0, 0.1) is 10.7 Å². The summed E-state index contributed by atoms with van der Waals surface area (Å²) in [5.41, 5.74) is 1.20. The lowest BCUT2D eigenvalue weighted by molar-refractivity contribution is -0.173. The first-order chi connectivity index (χ1) is 14.7. The fourth-order valence-electron chi connectivity index (χ4n) is 3.84. The first kappa shape index (κ1) is 21.4. The molecule has 11 heteroatoms. The Bertz CT molecular complexity index is 1120. The van der Waals surface area contributed by atoms with Crippen molar-refractivity contribution in [1.29, 1.82) is 0 Å². The summed E-state index contributed by atoms with van der Waals surface area (Å²) in [6, 6.07) is 4.70. The number of methoxy groups -OCH3 is 1. The van der Waals surface area contributed by atoms with Gasteiger partial charge < -0.3 is 10.1 Å². The van der Waals surface area contributed by atoms with Crippen molar-refractivity contribution >= 4 is 18.0 Å². The zero-order valence-electron chi connectivity index (χ0n) is 17.3. The second kappa shape index (κ2) is 8.03. The summed E-state index contributed by atoms with van der Waals surface area (Å²) in [7, 11) is 1.54. The van der Waals surface area contributed by atoms with E-state index in [0.717, 1.165) is 10.2 Å². The maximum Gasteiger partial charge on any atom is 0.410 e. The van der Waals surface area contributed by atoms with Crippen LogP contribution < -0.4 is 10.1 Å². The molecule has 0 unspecified atom stereocenters. The first-order valence-corrected chi connectivity index (χ1v) is 10.3. The third-order valence-corrected chi connectivity index (χ3v) is 5.62. The number of aromatic nitrogens is 5. The molecule has 31 heavy (non-hydrogen) atoms. The van der Waals surface area contributed by atoms with Crippen LogP contribution in [-0.4, -0.2) is 37.8 Å². The van der Waals surface area contributed by atoms with E-state index in [1.54, 1.807) is 35.9 Å². The van der Waals surface area contributed by atoms with Gasteiger partial charge in [0.1, 0.15) is 11.6 Å². The molecule has 3 aromatic rings. The van der Waals surface area contributed by atoms with Crippen molar-refractivity contribution < 1.29 is 17.9 Å². The molecular weight excluding hydrogens is 429 g/mol. The highest BCUT2D eigenvalue weighted by Gasteiger charge is 2.47. The topological polar surface area (TPSA) is 72.7 Å². The van der Waals surface area contributed by atoms with Crippen molar-refractivity contribution in [3.05, 3.63) is 40.8 Å². The average Bonchev–Trinajstić information content (AvgIpc) is 3.29. The third kappa shape index (κ3) is 4.06. The van der Waals surface area contributed by atoms with E-state index < -0.39 is 18.3 Å². The minimum absolute atomic E-state index is 0.178. The van der Waals surface area contributed by atoms with E-state index in [-0.39, 0.29) is 18.2 Å². The Morgan fingerprint density at radius 1 is 1.26 bits per heavy atom. The van der Waals surface area contributed by atoms with Crippen molar-refractivity contribution in [1.82, 2.24) is 24.5 Å². The zero-order chi connectivity index (χ0) is 22.3. The highest BCUT2D eigenvalue weighted by atomic mass is 32.1. The normalized spacial score (nSPS) is 18.7. The highest BCUT2D eigenvalue weighted by Crippen LogP contribution is 2.46. The number of anilines is 1. The van der Waals surface area contributed by atoms with Gasteiger partial charge in [0.05, 0.1) is 24.9 Å². The number of fused-ring (bicyclic) bond motifs is 1. The molecule has 1 aliphatic rings. The molecule has 0 fully saturated rings. The predicted molar refractivity (Wildman–Crippen MR) is 113 cm³/mol. The van der Waals surface area contributed by atoms with Gasteiger partial charge in [-0.05, 0) is 35.8 Å². The van der Waals surface area contributed by atoms with Crippen LogP contribution >= 0.6 is 12.2 Å². The van der Waals surface area contributed by atoms with E-state index in [1.807, 2.05) is 13.8 Å². The number of rotatable bonds is 5. The van der Waals surface area contributed by atoms with Gasteiger partial charge in [-0.1, -0.05) is 26.0 Å². The van der Waals surface area contributed by atoms with Gasteiger partial charge in [0, 0.05) is 13.0 Å². The Morgan fingerprint density at radius 2 is 1.97 bits per heavy atom. The van der Waals surface area contributed by atoms with Crippen molar-refractivity contribution in [3.8, 4) is 17.1 Å². The van der Waals surface area contributed by atoms with E-state index in [2.05, 4.69) is 20.6 Å². The number of nitrogens with one attached hydrogen (secondary N) is 2. The van der Waals surface area contributed by atoms with E-state index in [4.69, 9.17) is 17.0 Å². The molecule has 0 radical (unpaired) electrons. The zero-order valence-corrected chi connectivity index (χ0v) is 18.1. The molecule has 166 valence electrons. The molecule has 0 saturated carbocycles. The summed E-state index contributed by atoms with van der Waals surface area (Å²) in [6.07, 6.45) is -3.21. The summed E-state index contributed by atoms with van der Waals surface area (Å²) < 4.78 is 50.2. The third-order valence-electron chi connectivity index (χ3n) is 5.30. The quantitative estimate of drug-likeness (QED) is 0.525. The van der Waals surface area contributed by atoms with E-state index in [1.165, 1.54) is 6.20 Å². The molecule has 0 aliphatic carbocycles. The highest BCUT2D eigenvalue weighted by molar-refractivity contribution is 7.71. The van der Waals surface area contributed by atoms with Gasteiger partial charge in [0.2, 0.25) is 0 Å². The molecule has 2 atom stereocenters. The molecule has 0 bridgehead atoms. The van der Waals surface area contributed by atoms with Crippen LogP contribution in [0.2, 0.25) is 0 Å². The summed E-state index contributed by atoms with van der Waals surface area (Å²) in [6.45, 7) is 4.65. The fourth-order valence-corrected chi connectivity index (χ4v) is 4.05. The van der Waals surface area contributed by atoms with E-state index in [0.29, 0.717) is 28.5 Å². The van der Waals surface area contributed by atoms with Crippen molar-refractivity contribution in [2.24, 2.45) is 5.92 Å². The molecule has 1 aliphatic heterocycles. The van der Waals surface area contributed by atoms with Gasteiger partial charge in [-0.3, -0.25) is 9.67 Å². The van der Waals surface area contributed by atoms with Gasteiger partial charge in [-0.2, -0.15) is 23.4 Å². The average molecular weight is 453 g/mol. The summed E-state index contributed by atoms with van der Waals surface area (Å²) >= 11 is 5.33. The number of aromatic amines is 1. The van der Waals surface area contributed by atoms with Gasteiger partial charge in [0.25, 0.3) is 0 Å². The molecule has 0 saturated heterocycles. The summed E-state index contributed by atoms with van der Waals surface area (Å²) in [5.74, 6) is 1.65. The van der Waals surface area contributed by atoms with Gasteiger partial charge in [-0.15, -0.1) is 0 Å². The number of halogens is 3. The smallest absolute Gasteiger partial charge is 0.410 e. The van der Waals surface area contributed by atoms with Crippen LogP contribution in [0.15, 0.2) is 30.5 Å². The summed E-state index contributed by atoms with van der Waals surface area (Å²) in [4.78, 5) is 0. The molecule has 7 nitrogen and oxygen atoms in total. The number of ether oxygens (including phenoxy) is 1. The Labute approximate surface area is 182 Å². The van der Waals surface area contributed by atoms with E-state index >= 15 is 0 Å². The number of alkyl halides is 3. The lowest BCUT2D eigenvalue weighted by Crippen LogP contribution is -2.35. The molecular formula is C20H23F3N6OS. The minimum atomic E-state index is -4.45. The Kier molecular flexibility index (Phi) is 5.54. The lowest BCUT2D eigenvalue weighted by Gasteiger charge is -2.34. The van der Waals surface area contributed by atoms with Crippen LogP contribution in [0.1, 0.15) is 37.9 Å². The molecule has 1 aromatic carbocycles. The Hall–Kier alpha value is -2.82. The second-order valence-electron chi connectivity index (χ2n) is 7.97. The molecule has 0 spiro atoms. The van der Waals surface area contributed by atoms with Crippen LogP contribution in [-0.2, 0) is 6.54 Å². The molecule has 2 aromatic heterocycles. The maximum atomic E-state index is 13.9. The number of benzene rings is 1. The van der Waals surface area contributed by atoms with Gasteiger partial charge in [-0.25, -0.2) is 4.68 Å². The standard InChI is InChI=1S/C20H23F3N6OS/c1-11(2)10-28-18(26-27-19(28)31)14-9-24-29-16(20(21,22)23)8-15(25-17(14)29)12-4-6-13(30-3)7-5-12/h4-7,9,11,15-16,25H,8,10H2,1-3H3,(H,27,31)/t15-,16+/m0/s1. The predicted octanol–water partition coefficient (Wildman–Crippen LogP) is 5.13. The molecule has 3 heterocycles. The number of nitrogens with zero attached hydrogens (tertiary/aromatic N) is 4. The minimum Gasteiger partial charge on any atom is -0.497 e. The fraction of sp³-hybridized carbons (Fsp3) is 0.450. The van der Waals surface area contributed by atoms with Crippen molar-refractivity contribution in [2.75, 3.05) is 12.4 Å². The Morgan fingerprint density at radius 3 is 2.58 bits per heavy atom.